The molecule has 0 saturated heterocycles. The Labute approximate surface area is 122 Å². The first-order chi connectivity index (χ1) is 9.42. The number of allylic oxidation sites excluding steroid dienone is 6. The first kappa shape index (κ1) is 17.6. The maximum Gasteiger partial charge on any atom is 0.122 e. The van der Waals surface area contributed by atoms with E-state index < -0.39 is 0 Å². The van der Waals surface area contributed by atoms with Gasteiger partial charge in [0.05, 0.1) is 0 Å². The van der Waals surface area contributed by atoms with Crippen molar-refractivity contribution in [3.63, 3.8) is 0 Å². The van der Waals surface area contributed by atoms with Gasteiger partial charge in [-0.25, -0.2) is 0 Å². The molecule has 0 heterocycles. The number of nitrogens with one attached hydrogen (secondary N) is 1. The van der Waals surface area contributed by atoms with Crippen LogP contribution >= 0.6 is 0 Å². The van der Waals surface area contributed by atoms with Gasteiger partial charge in [-0.2, -0.15) is 0 Å². The van der Waals surface area contributed by atoms with Crippen LogP contribution in [0.1, 0.15) is 25.0 Å². The average Bonchev–Trinajstić information content (AvgIpc) is 2.39. The highest BCUT2D eigenvalue weighted by Gasteiger charge is 1.92. The predicted molar refractivity (Wildman–Crippen MR) is 90.1 cm³/mol. The fourth-order valence-electron chi connectivity index (χ4n) is 1.38. The van der Waals surface area contributed by atoms with E-state index in [4.69, 9.17) is 11.1 Å². The number of hydrogen-bond acceptors (Lipinski definition) is 1. The van der Waals surface area contributed by atoms with Gasteiger partial charge in [0.2, 0.25) is 0 Å². The van der Waals surface area contributed by atoms with Gasteiger partial charge in [0.1, 0.15) is 5.84 Å². The van der Waals surface area contributed by atoms with E-state index >= 15 is 0 Å². The highest BCUT2D eigenvalue weighted by molar-refractivity contribution is 5.94. The highest BCUT2D eigenvalue weighted by Crippen LogP contribution is 2.07. The van der Waals surface area contributed by atoms with Crippen LogP contribution in [0.2, 0.25) is 0 Å². The molecule has 0 fully saturated rings. The molecule has 0 atom stereocenters. The number of nitrogens with two attached hydrogens (primary N) is 1. The summed E-state index contributed by atoms with van der Waals surface area (Å²) in [6, 6.07) is 7.57. The van der Waals surface area contributed by atoms with Crippen LogP contribution in [0.3, 0.4) is 0 Å². The third-order valence-corrected chi connectivity index (χ3v) is 2.50. The van der Waals surface area contributed by atoms with Gasteiger partial charge in [0, 0.05) is 5.56 Å². The van der Waals surface area contributed by atoms with E-state index in [9.17, 15) is 0 Å². The lowest BCUT2D eigenvalue weighted by Gasteiger charge is -1.96. The molecule has 1 aromatic rings. The number of hydrogen-bond donors (Lipinski definition) is 2. The molecule has 0 saturated carbocycles. The van der Waals surface area contributed by atoms with Crippen LogP contribution in [-0.4, -0.2) is 5.84 Å². The fourth-order valence-corrected chi connectivity index (χ4v) is 1.38. The maximum atomic E-state index is 7.08. The van der Waals surface area contributed by atoms with E-state index in [1.807, 2.05) is 63.3 Å². The SMILES string of the molecule is C=C/C=C(\C=C/C)C(=C)C.Cc1ccc(C(=N)N)cc1. The van der Waals surface area contributed by atoms with E-state index in [0.29, 0.717) is 0 Å². The van der Waals surface area contributed by atoms with Gasteiger partial charge in [-0.1, -0.05) is 72.9 Å². The predicted octanol–water partition coefficient (Wildman–Crippen LogP) is 4.53. The highest BCUT2D eigenvalue weighted by atomic mass is 14.7. The third kappa shape index (κ3) is 7.17. The molecule has 0 amide bonds. The molecule has 0 unspecified atom stereocenters. The molecule has 0 aliphatic heterocycles. The Bertz CT molecular complexity index is 517. The Kier molecular flexibility index (Phi) is 8.44. The number of rotatable bonds is 4. The van der Waals surface area contributed by atoms with Gasteiger partial charge in [0.15, 0.2) is 0 Å². The maximum absolute atomic E-state index is 7.08. The van der Waals surface area contributed by atoms with Crippen molar-refractivity contribution >= 4 is 5.84 Å². The molecule has 20 heavy (non-hydrogen) atoms. The van der Waals surface area contributed by atoms with Crippen LogP contribution in [0, 0.1) is 12.3 Å². The quantitative estimate of drug-likeness (QED) is 0.470. The number of amidine groups is 1. The zero-order valence-electron chi connectivity index (χ0n) is 12.6. The van der Waals surface area contributed by atoms with Crippen molar-refractivity contribution in [3.8, 4) is 0 Å². The molecular formula is C18H24N2. The number of nitrogen functional groups attached to an aromatic ring is 1. The van der Waals surface area contributed by atoms with Crippen LogP contribution < -0.4 is 5.73 Å². The van der Waals surface area contributed by atoms with Gasteiger partial charge in [-0.3, -0.25) is 5.41 Å². The van der Waals surface area contributed by atoms with Gasteiger partial charge in [0.25, 0.3) is 0 Å². The van der Waals surface area contributed by atoms with Crippen molar-refractivity contribution in [2.24, 2.45) is 5.73 Å². The summed E-state index contributed by atoms with van der Waals surface area (Å²) in [6.07, 6.45) is 7.72. The van der Waals surface area contributed by atoms with Gasteiger partial charge >= 0.3 is 0 Å². The zero-order chi connectivity index (χ0) is 15.5. The smallest absolute Gasteiger partial charge is 0.122 e. The van der Waals surface area contributed by atoms with Crippen molar-refractivity contribution < 1.29 is 0 Å². The standard InChI is InChI=1S/C10H14.C8H10N2/c1-5-7-10(8-6-2)9(3)4;1-6-2-4-7(5-3-6)8(9)10/h5-8H,1,3H2,2,4H3;2-5H,1H3,(H3,9,10)/b8-6-,10-7+;. The summed E-state index contributed by atoms with van der Waals surface area (Å²) in [5.41, 5.74) is 9.42. The van der Waals surface area contributed by atoms with E-state index in [1.165, 1.54) is 5.56 Å². The van der Waals surface area contributed by atoms with E-state index in [0.717, 1.165) is 16.7 Å². The summed E-state index contributed by atoms with van der Waals surface area (Å²) in [6.45, 7) is 13.4. The summed E-state index contributed by atoms with van der Waals surface area (Å²) in [5.74, 6) is 0.125. The lowest BCUT2D eigenvalue weighted by atomic mass is 10.1. The molecule has 2 heteroatoms. The van der Waals surface area contributed by atoms with Crippen molar-refractivity contribution in [1.29, 1.82) is 5.41 Å². The Morgan fingerprint density at radius 3 is 2.15 bits per heavy atom. The lowest BCUT2D eigenvalue weighted by Crippen LogP contribution is -2.10. The summed E-state index contributed by atoms with van der Waals surface area (Å²) < 4.78 is 0. The first-order valence-corrected chi connectivity index (χ1v) is 6.44. The Hall–Kier alpha value is -2.35. The summed E-state index contributed by atoms with van der Waals surface area (Å²) in [7, 11) is 0. The second-order valence-electron chi connectivity index (χ2n) is 4.42. The largest absolute Gasteiger partial charge is 0.384 e. The second kappa shape index (κ2) is 9.56. The van der Waals surface area contributed by atoms with Gasteiger partial charge < -0.3 is 5.73 Å². The fraction of sp³-hybridized carbons (Fsp3) is 0.167. The van der Waals surface area contributed by atoms with Crippen LogP contribution in [-0.2, 0) is 0 Å². The molecule has 0 aliphatic carbocycles. The Balaban J connectivity index is 0.000000361. The molecule has 2 nitrogen and oxygen atoms in total. The topological polar surface area (TPSA) is 49.9 Å². The molecule has 0 aliphatic rings. The molecule has 0 spiro atoms. The van der Waals surface area contributed by atoms with Crippen molar-refractivity contribution in [1.82, 2.24) is 0 Å². The van der Waals surface area contributed by atoms with Crippen molar-refractivity contribution in [3.05, 3.63) is 84.0 Å². The molecule has 0 aromatic heterocycles. The minimum atomic E-state index is 0.125. The third-order valence-electron chi connectivity index (χ3n) is 2.50. The average molecular weight is 268 g/mol. The minimum Gasteiger partial charge on any atom is -0.384 e. The van der Waals surface area contributed by atoms with E-state index in [1.54, 1.807) is 6.08 Å². The minimum absolute atomic E-state index is 0.125. The Morgan fingerprint density at radius 2 is 1.80 bits per heavy atom. The molecule has 1 aromatic carbocycles. The molecule has 0 radical (unpaired) electrons. The van der Waals surface area contributed by atoms with Crippen LogP contribution in [0.15, 0.2) is 72.9 Å². The van der Waals surface area contributed by atoms with E-state index in [-0.39, 0.29) is 5.84 Å². The number of benzene rings is 1. The molecule has 106 valence electrons. The second-order valence-corrected chi connectivity index (χ2v) is 4.42. The van der Waals surface area contributed by atoms with Crippen molar-refractivity contribution in [2.75, 3.05) is 0 Å². The normalized spacial score (nSPS) is 10.7. The summed E-state index contributed by atoms with van der Waals surface area (Å²) in [5, 5.41) is 7.08. The van der Waals surface area contributed by atoms with Crippen LogP contribution in [0.5, 0.6) is 0 Å². The molecular weight excluding hydrogens is 244 g/mol. The summed E-state index contributed by atoms with van der Waals surface area (Å²) in [4.78, 5) is 0. The monoisotopic (exact) mass is 268 g/mol. The van der Waals surface area contributed by atoms with Crippen LogP contribution in [0.25, 0.3) is 0 Å². The molecule has 3 N–H and O–H groups in total. The van der Waals surface area contributed by atoms with Crippen molar-refractivity contribution in [2.45, 2.75) is 20.8 Å². The van der Waals surface area contributed by atoms with E-state index in [2.05, 4.69) is 13.2 Å². The number of aryl methyl sites for hydroxylation is 1. The molecule has 0 bridgehead atoms. The lowest BCUT2D eigenvalue weighted by molar-refractivity contribution is 1.40. The summed E-state index contributed by atoms with van der Waals surface area (Å²) >= 11 is 0. The first-order valence-electron chi connectivity index (χ1n) is 6.44. The zero-order valence-corrected chi connectivity index (χ0v) is 12.6. The van der Waals surface area contributed by atoms with Gasteiger partial charge in [-0.05, 0) is 26.3 Å². The molecule has 1 rings (SSSR count). The van der Waals surface area contributed by atoms with Crippen LogP contribution in [0.4, 0.5) is 0 Å². The Morgan fingerprint density at radius 1 is 1.25 bits per heavy atom. The van der Waals surface area contributed by atoms with Gasteiger partial charge in [-0.15, -0.1) is 0 Å².